The summed E-state index contributed by atoms with van der Waals surface area (Å²) in [5, 5.41) is 9.03. The van der Waals surface area contributed by atoms with Crippen LogP contribution in [0.15, 0.2) is 40.2 Å². The molecule has 3 aromatic rings. The van der Waals surface area contributed by atoms with Gasteiger partial charge in [-0.05, 0) is 43.7 Å². The van der Waals surface area contributed by atoms with Crippen LogP contribution in [0.4, 0.5) is 17.6 Å². The number of pyridine rings is 1. The summed E-state index contributed by atoms with van der Waals surface area (Å²) in [5.74, 6) is -6.32. The predicted molar refractivity (Wildman–Crippen MR) is 110 cm³/mol. The lowest BCUT2D eigenvalue weighted by molar-refractivity contribution is -0.139. The maximum absolute atomic E-state index is 14.2. The van der Waals surface area contributed by atoms with Crippen LogP contribution in [0.5, 0.6) is 11.5 Å². The predicted octanol–water partition coefficient (Wildman–Crippen LogP) is 4.27. The van der Waals surface area contributed by atoms with Crippen molar-refractivity contribution in [1.29, 1.82) is 5.26 Å². The SMILES string of the molecule is Cc1cc(C)c(Cn2cnc(C(F)(F)C(F)F)c(Oc3cc(Cl)cc(C#N)c3)c2=O)c(=O)[nH]1. The fourth-order valence-corrected chi connectivity index (χ4v) is 3.29. The maximum atomic E-state index is 14.2. The molecule has 0 spiro atoms. The summed E-state index contributed by atoms with van der Waals surface area (Å²) in [6, 6.07) is 6.84. The number of hydrogen-bond donors (Lipinski definition) is 1. The van der Waals surface area contributed by atoms with Gasteiger partial charge in [0.15, 0.2) is 5.69 Å². The van der Waals surface area contributed by atoms with Gasteiger partial charge < -0.3 is 9.72 Å². The Hall–Kier alpha value is -3.65. The molecule has 0 saturated heterocycles. The van der Waals surface area contributed by atoms with Crippen LogP contribution in [0.1, 0.15) is 28.1 Å². The van der Waals surface area contributed by atoms with Crippen LogP contribution in [-0.4, -0.2) is 21.0 Å². The first-order chi connectivity index (χ1) is 15.4. The molecule has 0 saturated carbocycles. The summed E-state index contributed by atoms with van der Waals surface area (Å²) < 4.78 is 60.5. The molecule has 2 aromatic heterocycles. The van der Waals surface area contributed by atoms with E-state index >= 15 is 0 Å². The van der Waals surface area contributed by atoms with Crippen molar-refractivity contribution >= 4 is 11.6 Å². The Morgan fingerprint density at radius 3 is 2.55 bits per heavy atom. The van der Waals surface area contributed by atoms with Gasteiger partial charge in [0.25, 0.3) is 11.1 Å². The molecule has 172 valence electrons. The zero-order chi connectivity index (χ0) is 24.5. The van der Waals surface area contributed by atoms with Crippen molar-refractivity contribution in [2.45, 2.75) is 32.7 Å². The highest BCUT2D eigenvalue weighted by atomic mass is 35.5. The first-order valence-corrected chi connectivity index (χ1v) is 9.65. The molecule has 0 bridgehead atoms. The van der Waals surface area contributed by atoms with Gasteiger partial charge in [0.2, 0.25) is 5.75 Å². The highest BCUT2D eigenvalue weighted by Gasteiger charge is 2.48. The Kier molecular flexibility index (Phi) is 6.60. The van der Waals surface area contributed by atoms with Gasteiger partial charge in [0, 0.05) is 16.3 Å². The number of nitrogens with zero attached hydrogens (tertiary/aromatic N) is 3. The molecule has 33 heavy (non-hydrogen) atoms. The van der Waals surface area contributed by atoms with Gasteiger partial charge in [0.1, 0.15) is 5.75 Å². The van der Waals surface area contributed by atoms with Crippen LogP contribution >= 0.6 is 11.6 Å². The summed E-state index contributed by atoms with van der Waals surface area (Å²) in [6.07, 6.45) is -3.54. The van der Waals surface area contributed by atoms with Crippen LogP contribution in [0, 0.1) is 25.2 Å². The minimum atomic E-state index is -4.82. The first-order valence-electron chi connectivity index (χ1n) is 9.27. The highest BCUT2D eigenvalue weighted by Crippen LogP contribution is 2.38. The van der Waals surface area contributed by atoms with Gasteiger partial charge in [-0.15, -0.1) is 0 Å². The molecule has 0 unspecified atom stereocenters. The lowest BCUT2D eigenvalue weighted by Gasteiger charge is -2.19. The van der Waals surface area contributed by atoms with E-state index in [-0.39, 0.29) is 28.4 Å². The van der Waals surface area contributed by atoms with Gasteiger partial charge in [-0.3, -0.25) is 14.2 Å². The summed E-state index contributed by atoms with van der Waals surface area (Å²) >= 11 is 5.86. The summed E-state index contributed by atoms with van der Waals surface area (Å²) in [4.78, 5) is 31.2. The minimum absolute atomic E-state index is 0.0164. The molecular weight excluding hydrogens is 468 g/mol. The quantitative estimate of drug-likeness (QED) is 0.529. The molecule has 0 aliphatic rings. The third-order valence-electron chi connectivity index (χ3n) is 4.63. The number of rotatable bonds is 6. The molecule has 7 nitrogen and oxygen atoms in total. The zero-order valence-electron chi connectivity index (χ0n) is 17.1. The average Bonchev–Trinajstić information content (AvgIpc) is 2.72. The Labute approximate surface area is 188 Å². The molecule has 2 heterocycles. The van der Waals surface area contributed by atoms with Crippen molar-refractivity contribution in [1.82, 2.24) is 14.5 Å². The zero-order valence-corrected chi connectivity index (χ0v) is 17.9. The molecule has 1 aromatic carbocycles. The molecule has 1 N–H and O–H groups in total. The van der Waals surface area contributed by atoms with Crippen molar-refractivity contribution in [2.75, 3.05) is 0 Å². The van der Waals surface area contributed by atoms with E-state index in [1.54, 1.807) is 26.0 Å². The van der Waals surface area contributed by atoms with Crippen molar-refractivity contribution in [3.05, 3.63) is 84.4 Å². The molecule has 0 radical (unpaired) electrons. The number of aryl methyl sites for hydroxylation is 2. The van der Waals surface area contributed by atoms with E-state index in [1.165, 1.54) is 6.07 Å². The van der Waals surface area contributed by atoms with E-state index in [1.807, 2.05) is 0 Å². The fourth-order valence-electron chi connectivity index (χ4n) is 3.07. The molecule has 3 rings (SSSR count). The molecule has 0 fully saturated rings. The molecular formula is C21H15ClF4N4O3. The van der Waals surface area contributed by atoms with Crippen LogP contribution in [0.25, 0.3) is 0 Å². The van der Waals surface area contributed by atoms with Crippen LogP contribution in [0.3, 0.4) is 0 Å². The molecule has 12 heteroatoms. The van der Waals surface area contributed by atoms with E-state index < -0.39 is 34.9 Å². The smallest absolute Gasteiger partial charge is 0.352 e. The van der Waals surface area contributed by atoms with Gasteiger partial charge in [-0.1, -0.05) is 11.6 Å². The lowest BCUT2D eigenvalue weighted by atomic mass is 10.1. The normalized spacial score (nSPS) is 11.5. The molecule has 0 aliphatic heterocycles. The second-order valence-corrected chi connectivity index (χ2v) is 7.55. The Morgan fingerprint density at radius 1 is 1.24 bits per heavy atom. The summed E-state index contributed by atoms with van der Waals surface area (Å²) in [7, 11) is 0. The number of nitriles is 1. The Balaban J connectivity index is 2.19. The topological polar surface area (TPSA) is 101 Å². The lowest BCUT2D eigenvalue weighted by Crippen LogP contribution is -2.32. The number of hydrogen-bond acceptors (Lipinski definition) is 5. The molecule has 0 amide bonds. The third kappa shape index (κ3) is 4.90. The Bertz CT molecular complexity index is 1380. The van der Waals surface area contributed by atoms with Crippen LogP contribution < -0.4 is 15.9 Å². The minimum Gasteiger partial charge on any atom is -0.449 e. The summed E-state index contributed by atoms with van der Waals surface area (Å²) in [5.41, 5.74) is -2.15. The number of ether oxygens (including phenoxy) is 1. The maximum Gasteiger partial charge on any atom is 0.352 e. The van der Waals surface area contributed by atoms with Crippen molar-refractivity contribution in [2.24, 2.45) is 0 Å². The molecule has 0 atom stereocenters. The third-order valence-corrected chi connectivity index (χ3v) is 4.85. The van der Waals surface area contributed by atoms with E-state index in [2.05, 4.69) is 9.97 Å². The second-order valence-electron chi connectivity index (χ2n) is 7.11. The van der Waals surface area contributed by atoms with E-state index in [0.29, 0.717) is 17.6 Å². The first kappa shape index (κ1) is 24.0. The highest BCUT2D eigenvalue weighted by molar-refractivity contribution is 6.30. The van der Waals surface area contributed by atoms with Gasteiger partial charge in [-0.25, -0.2) is 13.8 Å². The van der Waals surface area contributed by atoms with Crippen molar-refractivity contribution < 1.29 is 22.3 Å². The van der Waals surface area contributed by atoms with E-state index in [4.69, 9.17) is 21.6 Å². The van der Waals surface area contributed by atoms with E-state index in [9.17, 15) is 27.2 Å². The van der Waals surface area contributed by atoms with E-state index in [0.717, 1.165) is 16.7 Å². The summed E-state index contributed by atoms with van der Waals surface area (Å²) in [6.45, 7) is 2.88. The Morgan fingerprint density at radius 2 is 1.94 bits per heavy atom. The van der Waals surface area contributed by atoms with Crippen LogP contribution in [0.2, 0.25) is 5.02 Å². The average molecular weight is 483 g/mol. The van der Waals surface area contributed by atoms with Gasteiger partial charge >= 0.3 is 12.3 Å². The van der Waals surface area contributed by atoms with Crippen LogP contribution in [-0.2, 0) is 12.5 Å². The number of benzene rings is 1. The van der Waals surface area contributed by atoms with Gasteiger partial charge in [-0.2, -0.15) is 14.0 Å². The van der Waals surface area contributed by atoms with Crippen molar-refractivity contribution in [3.8, 4) is 17.6 Å². The number of aromatic nitrogens is 3. The monoisotopic (exact) mass is 482 g/mol. The van der Waals surface area contributed by atoms with Crippen molar-refractivity contribution in [3.63, 3.8) is 0 Å². The number of aromatic amines is 1. The molecule has 0 aliphatic carbocycles. The number of alkyl halides is 4. The standard InChI is InChI=1S/C21H15ClF4N4O3/c1-10-3-11(2)29-18(31)15(10)8-30-9-28-17(21(25,26)20(23)24)16(19(30)32)33-14-5-12(7-27)4-13(22)6-14/h3-6,9,20H,8H2,1-2H3,(H,29,31). The number of halogens is 5. The number of H-pyrrole nitrogens is 1. The van der Waals surface area contributed by atoms with Gasteiger partial charge in [0.05, 0.1) is 24.5 Å². The number of nitrogens with one attached hydrogen (secondary N) is 1. The second kappa shape index (κ2) is 9.07. The largest absolute Gasteiger partial charge is 0.449 e. The fraction of sp³-hybridized carbons (Fsp3) is 0.238.